The molecule has 0 radical (unpaired) electrons. The normalized spacial score (nSPS) is 10.9. The van der Waals surface area contributed by atoms with Crippen molar-refractivity contribution in [2.24, 2.45) is 0 Å². The average Bonchev–Trinajstić information content (AvgIpc) is 2.38. The Balaban J connectivity index is 0.000000403. The third-order valence-electron chi connectivity index (χ3n) is 2.37. The number of benzene rings is 2. The van der Waals surface area contributed by atoms with E-state index in [2.05, 4.69) is 0 Å². The molecule has 0 unspecified atom stereocenters. The zero-order chi connectivity index (χ0) is 16.6. The van der Waals surface area contributed by atoms with Gasteiger partial charge in [0.25, 0.3) is 0 Å². The second-order valence-corrected chi connectivity index (χ2v) is 7.18. The van der Waals surface area contributed by atoms with Crippen LogP contribution in [0.15, 0.2) is 60.7 Å². The van der Waals surface area contributed by atoms with Gasteiger partial charge in [0, 0.05) is 0 Å². The van der Waals surface area contributed by atoms with Crippen LogP contribution in [0.3, 0.4) is 0 Å². The summed E-state index contributed by atoms with van der Waals surface area (Å²) in [6, 6.07) is 16.7. The SMILES string of the molecule is O=S(=O)([O-])Cc1ccccc1.O=S(=O)([O-])Cc1ccccc1.[Zn+2]. The van der Waals surface area contributed by atoms with Crippen LogP contribution in [-0.4, -0.2) is 25.9 Å². The van der Waals surface area contributed by atoms with Gasteiger partial charge in [0.1, 0.15) is 0 Å². The van der Waals surface area contributed by atoms with E-state index in [1.807, 2.05) is 0 Å². The van der Waals surface area contributed by atoms with Crippen molar-refractivity contribution in [3.8, 4) is 0 Å². The largest absolute Gasteiger partial charge is 2.00 e. The quantitative estimate of drug-likeness (QED) is 0.560. The summed E-state index contributed by atoms with van der Waals surface area (Å²) in [7, 11) is -8.25. The molecule has 0 heterocycles. The minimum absolute atomic E-state index is 0. The molecular formula is C14H14O6S2Zn. The fourth-order valence-electron chi connectivity index (χ4n) is 1.56. The minimum atomic E-state index is -4.13. The number of hydrogen-bond donors (Lipinski definition) is 0. The van der Waals surface area contributed by atoms with Crippen molar-refractivity contribution < 1.29 is 45.4 Å². The predicted octanol–water partition coefficient (Wildman–Crippen LogP) is 1.46. The third kappa shape index (κ3) is 12.0. The molecule has 6 nitrogen and oxygen atoms in total. The van der Waals surface area contributed by atoms with Crippen LogP contribution in [-0.2, 0) is 51.2 Å². The Kier molecular flexibility index (Phi) is 9.42. The predicted molar refractivity (Wildman–Crippen MR) is 79.7 cm³/mol. The second-order valence-electron chi connectivity index (χ2n) is 4.38. The third-order valence-corrected chi connectivity index (χ3v) is 3.75. The van der Waals surface area contributed by atoms with Gasteiger partial charge in [0.05, 0.1) is 31.7 Å². The van der Waals surface area contributed by atoms with Crippen LogP contribution in [0.25, 0.3) is 0 Å². The molecule has 0 amide bonds. The molecule has 0 atom stereocenters. The summed E-state index contributed by atoms with van der Waals surface area (Å²) in [5.41, 5.74) is 1.06. The van der Waals surface area contributed by atoms with Crippen molar-refractivity contribution in [1.82, 2.24) is 0 Å². The summed E-state index contributed by atoms with van der Waals surface area (Å²) >= 11 is 0. The summed E-state index contributed by atoms with van der Waals surface area (Å²) in [5.74, 6) is -0.846. The molecule has 2 aromatic carbocycles. The van der Waals surface area contributed by atoms with E-state index in [1.165, 1.54) is 0 Å². The van der Waals surface area contributed by atoms with Crippen molar-refractivity contribution in [2.45, 2.75) is 11.5 Å². The van der Waals surface area contributed by atoms with Gasteiger partial charge < -0.3 is 9.11 Å². The Labute approximate surface area is 148 Å². The zero-order valence-electron chi connectivity index (χ0n) is 12.2. The van der Waals surface area contributed by atoms with Crippen LogP contribution in [0.2, 0.25) is 0 Å². The first-order valence-corrected chi connectivity index (χ1v) is 9.26. The molecule has 2 aromatic rings. The fraction of sp³-hybridized carbons (Fsp3) is 0.143. The molecule has 2 rings (SSSR count). The molecule has 0 aliphatic rings. The molecule has 0 saturated carbocycles. The van der Waals surface area contributed by atoms with Gasteiger partial charge in [-0.1, -0.05) is 60.7 Å². The standard InChI is InChI=1S/2C7H8O3S.Zn/c2*8-11(9,10)6-7-4-2-1-3-5-7;/h2*1-5H,6H2,(H,8,9,10);/q;;+2/p-2. The van der Waals surface area contributed by atoms with Gasteiger partial charge >= 0.3 is 19.5 Å². The van der Waals surface area contributed by atoms with Crippen molar-refractivity contribution >= 4 is 20.2 Å². The number of hydrogen-bond acceptors (Lipinski definition) is 6. The van der Waals surface area contributed by atoms with Crippen molar-refractivity contribution in [3.05, 3.63) is 71.8 Å². The monoisotopic (exact) mass is 406 g/mol. The van der Waals surface area contributed by atoms with E-state index in [4.69, 9.17) is 0 Å². The van der Waals surface area contributed by atoms with E-state index in [9.17, 15) is 25.9 Å². The topological polar surface area (TPSA) is 114 Å². The molecule has 0 bridgehead atoms. The molecule has 120 valence electrons. The van der Waals surface area contributed by atoms with Gasteiger partial charge in [-0.15, -0.1) is 0 Å². The van der Waals surface area contributed by atoms with Crippen LogP contribution in [0.4, 0.5) is 0 Å². The molecule has 9 heteroatoms. The zero-order valence-corrected chi connectivity index (χ0v) is 16.8. The summed E-state index contributed by atoms with van der Waals surface area (Å²) in [6.07, 6.45) is 0. The van der Waals surface area contributed by atoms with E-state index >= 15 is 0 Å². The summed E-state index contributed by atoms with van der Waals surface area (Å²) in [5, 5.41) is 0. The molecule has 23 heavy (non-hydrogen) atoms. The maximum Gasteiger partial charge on any atom is 2.00 e. The van der Waals surface area contributed by atoms with Gasteiger partial charge in [-0.25, -0.2) is 16.8 Å². The van der Waals surface area contributed by atoms with Crippen LogP contribution in [0.1, 0.15) is 11.1 Å². The minimum Gasteiger partial charge on any atom is -0.748 e. The first-order chi connectivity index (χ1) is 10.2. The van der Waals surface area contributed by atoms with E-state index in [-0.39, 0.29) is 19.5 Å². The molecular weight excluding hydrogens is 394 g/mol. The van der Waals surface area contributed by atoms with Crippen LogP contribution >= 0.6 is 0 Å². The van der Waals surface area contributed by atoms with Crippen molar-refractivity contribution in [2.75, 3.05) is 0 Å². The van der Waals surface area contributed by atoms with Gasteiger partial charge in [0.2, 0.25) is 0 Å². The average molecular weight is 408 g/mol. The Morgan fingerprint density at radius 1 is 0.609 bits per heavy atom. The maximum absolute atomic E-state index is 10.2. The smallest absolute Gasteiger partial charge is 0.748 e. The van der Waals surface area contributed by atoms with Crippen molar-refractivity contribution in [3.63, 3.8) is 0 Å². The van der Waals surface area contributed by atoms with Gasteiger partial charge in [-0.3, -0.25) is 0 Å². The van der Waals surface area contributed by atoms with E-state index in [0.717, 1.165) is 0 Å². The molecule has 0 saturated heterocycles. The Hall–Kier alpha value is -1.12. The van der Waals surface area contributed by atoms with Crippen molar-refractivity contribution in [1.29, 1.82) is 0 Å². The summed E-state index contributed by atoms with van der Waals surface area (Å²) in [6.45, 7) is 0. The van der Waals surface area contributed by atoms with Crippen LogP contribution in [0.5, 0.6) is 0 Å². The Bertz CT molecular complexity index is 705. The van der Waals surface area contributed by atoms with Crippen LogP contribution in [0, 0.1) is 0 Å². The molecule has 0 aliphatic carbocycles. The first kappa shape index (κ1) is 21.9. The summed E-state index contributed by atoms with van der Waals surface area (Å²) < 4.78 is 61.5. The molecule has 0 aromatic heterocycles. The van der Waals surface area contributed by atoms with Crippen LogP contribution < -0.4 is 0 Å². The Morgan fingerprint density at radius 3 is 1.09 bits per heavy atom. The second kappa shape index (κ2) is 9.90. The van der Waals surface area contributed by atoms with E-state index < -0.39 is 31.7 Å². The molecule has 0 spiro atoms. The maximum atomic E-state index is 10.2. The van der Waals surface area contributed by atoms with E-state index in [1.54, 1.807) is 60.7 Å². The van der Waals surface area contributed by atoms with Gasteiger partial charge in [-0.05, 0) is 11.1 Å². The Morgan fingerprint density at radius 2 is 0.870 bits per heavy atom. The van der Waals surface area contributed by atoms with Gasteiger partial charge in [0.15, 0.2) is 0 Å². The molecule has 0 fully saturated rings. The first-order valence-electron chi connectivity index (χ1n) is 6.11. The molecule has 0 N–H and O–H groups in total. The number of rotatable bonds is 4. The summed E-state index contributed by atoms with van der Waals surface area (Å²) in [4.78, 5) is 0. The van der Waals surface area contributed by atoms with Gasteiger partial charge in [-0.2, -0.15) is 0 Å². The molecule has 0 aliphatic heterocycles. The fourth-order valence-corrected chi connectivity index (χ4v) is 2.76. The van der Waals surface area contributed by atoms with E-state index in [0.29, 0.717) is 11.1 Å².